The van der Waals surface area contributed by atoms with Crippen LogP contribution in [0.5, 0.6) is 0 Å². The molecule has 0 radical (unpaired) electrons. The van der Waals surface area contributed by atoms with E-state index in [0.717, 1.165) is 38.3 Å². The van der Waals surface area contributed by atoms with Gasteiger partial charge in [-0.15, -0.1) is 0 Å². The number of hydrogen-bond donors (Lipinski definition) is 1. The first-order valence-electron chi connectivity index (χ1n) is 12.2. The minimum absolute atomic E-state index is 0.0755. The van der Waals surface area contributed by atoms with E-state index in [1.807, 2.05) is 84.9 Å². The molecule has 1 aliphatic rings. The number of nitrogens with zero attached hydrogens (tertiary/aromatic N) is 3. The maximum Gasteiger partial charge on any atom is 0.269 e. The predicted octanol–water partition coefficient (Wildman–Crippen LogP) is 7.58. The summed E-state index contributed by atoms with van der Waals surface area (Å²) >= 11 is 7.37. The maximum atomic E-state index is 10.9. The summed E-state index contributed by atoms with van der Waals surface area (Å²) in [5.41, 5.74) is 2.87. The van der Waals surface area contributed by atoms with E-state index in [0.29, 0.717) is 5.11 Å². The first-order chi connectivity index (χ1) is 19.1. The number of non-ortho nitro benzene ring substituents is 1. The quantitative estimate of drug-likeness (QED) is 0.126. The van der Waals surface area contributed by atoms with Crippen LogP contribution in [0.15, 0.2) is 130 Å². The van der Waals surface area contributed by atoms with Gasteiger partial charge in [0.2, 0.25) is 0 Å². The number of thiocarbonyl (C=S) groups is 1. The number of nitrogens with one attached hydrogen (secondary N) is 1. The Labute approximate surface area is 234 Å². The fourth-order valence-corrected chi connectivity index (χ4v) is 5.80. The van der Waals surface area contributed by atoms with Gasteiger partial charge in [0.25, 0.3) is 5.69 Å². The van der Waals surface area contributed by atoms with Gasteiger partial charge >= 0.3 is 0 Å². The van der Waals surface area contributed by atoms with Crippen molar-refractivity contribution in [3.8, 4) is 11.3 Å². The lowest BCUT2D eigenvalue weighted by Crippen LogP contribution is -2.29. The van der Waals surface area contributed by atoms with Crippen molar-refractivity contribution < 1.29 is 9.34 Å². The van der Waals surface area contributed by atoms with Crippen molar-refractivity contribution in [3.05, 3.63) is 137 Å². The first-order valence-corrected chi connectivity index (χ1v) is 13.5. The van der Waals surface area contributed by atoms with Crippen molar-refractivity contribution in [1.82, 2.24) is 10.3 Å². The summed E-state index contributed by atoms with van der Waals surface area (Å²) in [7, 11) is 0. The zero-order valence-corrected chi connectivity index (χ0v) is 22.1. The second-order valence-electron chi connectivity index (χ2n) is 8.91. The molecule has 1 aliphatic heterocycles. The highest BCUT2D eigenvalue weighted by Crippen LogP contribution is 2.43. The number of anilines is 1. The van der Waals surface area contributed by atoms with Crippen molar-refractivity contribution >= 4 is 40.5 Å². The van der Waals surface area contributed by atoms with Crippen LogP contribution in [0.2, 0.25) is 0 Å². The lowest BCUT2D eigenvalue weighted by Gasteiger charge is -2.26. The average molecular weight is 551 g/mol. The molecule has 0 saturated carbocycles. The zero-order chi connectivity index (χ0) is 26.8. The molecule has 7 nitrogen and oxygen atoms in total. The fraction of sp³-hybridized carbons (Fsp3) is 0.0667. The van der Waals surface area contributed by atoms with Crippen molar-refractivity contribution in [2.24, 2.45) is 0 Å². The third-order valence-corrected chi connectivity index (χ3v) is 7.80. The number of benzene rings is 3. The molecule has 0 amide bonds. The minimum atomic E-state index is -0.396. The normalized spacial score (nSPS) is 16.7. The highest BCUT2D eigenvalue weighted by atomic mass is 32.2. The summed E-state index contributed by atoms with van der Waals surface area (Å²) in [5.74, 6) is 1.57. The molecule has 9 heteroatoms. The molecule has 2 atom stereocenters. The Hall–Kier alpha value is -4.47. The number of pyridine rings is 1. The topological polar surface area (TPSA) is 84.4 Å². The molecule has 5 aromatic rings. The first kappa shape index (κ1) is 24.8. The SMILES string of the molecule is O=[N+]([O-])c1ccc(Sc2ccc(N3C(=S)N[C@@H](c4ccccn4)[C@H]3c3ccc(-c4ccccc4)o3)cc2)cc1. The summed E-state index contributed by atoms with van der Waals surface area (Å²) in [6, 6.07) is 34.0. The van der Waals surface area contributed by atoms with Gasteiger partial charge in [0.05, 0.1) is 16.7 Å². The summed E-state index contributed by atoms with van der Waals surface area (Å²) < 4.78 is 6.41. The molecule has 0 unspecified atom stereocenters. The number of nitro benzene ring substituents is 1. The molecule has 3 aromatic carbocycles. The highest BCUT2D eigenvalue weighted by Gasteiger charge is 2.42. The van der Waals surface area contributed by atoms with E-state index in [2.05, 4.69) is 15.2 Å². The number of rotatable bonds is 7. The van der Waals surface area contributed by atoms with E-state index in [1.165, 1.54) is 23.9 Å². The molecule has 0 bridgehead atoms. The molecular weight excluding hydrogens is 528 g/mol. The number of aromatic nitrogens is 1. The molecule has 6 rings (SSSR count). The van der Waals surface area contributed by atoms with Crippen molar-refractivity contribution in [2.75, 3.05) is 4.90 Å². The summed E-state index contributed by atoms with van der Waals surface area (Å²) in [6.45, 7) is 0. The largest absolute Gasteiger partial charge is 0.459 e. The van der Waals surface area contributed by atoms with Crippen LogP contribution in [0, 0.1) is 10.1 Å². The van der Waals surface area contributed by atoms with Crippen LogP contribution >= 0.6 is 24.0 Å². The van der Waals surface area contributed by atoms with E-state index in [-0.39, 0.29) is 17.8 Å². The molecule has 1 N–H and O–H groups in total. The molecule has 1 saturated heterocycles. The van der Waals surface area contributed by atoms with Crippen molar-refractivity contribution in [2.45, 2.75) is 21.9 Å². The lowest BCUT2D eigenvalue weighted by molar-refractivity contribution is -0.384. The number of furan rings is 1. The van der Waals surface area contributed by atoms with E-state index in [1.54, 1.807) is 18.3 Å². The van der Waals surface area contributed by atoms with Crippen LogP contribution in [0.3, 0.4) is 0 Å². The Kier molecular flexibility index (Phi) is 6.83. The Morgan fingerprint density at radius 2 is 1.56 bits per heavy atom. The minimum Gasteiger partial charge on any atom is -0.459 e. The van der Waals surface area contributed by atoms with Crippen molar-refractivity contribution in [1.29, 1.82) is 0 Å². The van der Waals surface area contributed by atoms with Gasteiger partial charge in [-0.25, -0.2) is 0 Å². The van der Waals surface area contributed by atoms with Crippen LogP contribution in [-0.4, -0.2) is 15.0 Å². The van der Waals surface area contributed by atoms with Crippen LogP contribution in [0.4, 0.5) is 11.4 Å². The highest BCUT2D eigenvalue weighted by molar-refractivity contribution is 7.99. The van der Waals surface area contributed by atoms with Gasteiger partial charge in [0.15, 0.2) is 5.11 Å². The van der Waals surface area contributed by atoms with Crippen LogP contribution in [-0.2, 0) is 0 Å². The number of nitro groups is 1. The Bertz CT molecular complexity index is 1610. The van der Waals surface area contributed by atoms with Gasteiger partial charge in [0, 0.05) is 39.4 Å². The lowest BCUT2D eigenvalue weighted by atomic mass is 10.0. The molecule has 39 heavy (non-hydrogen) atoms. The smallest absolute Gasteiger partial charge is 0.269 e. The fourth-order valence-electron chi connectivity index (χ4n) is 4.64. The number of hydrogen-bond acceptors (Lipinski definition) is 6. The molecule has 192 valence electrons. The van der Waals surface area contributed by atoms with Gasteiger partial charge in [-0.3, -0.25) is 15.1 Å². The molecule has 0 spiro atoms. The molecule has 2 aromatic heterocycles. The third-order valence-electron chi connectivity index (χ3n) is 6.47. The van der Waals surface area contributed by atoms with E-state index < -0.39 is 4.92 Å². The zero-order valence-electron chi connectivity index (χ0n) is 20.5. The van der Waals surface area contributed by atoms with Gasteiger partial charge in [-0.05, 0) is 72.9 Å². The summed E-state index contributed by atoms with van der Waals surface area (Å²) in [4.78, 5) is 19.2. The standard InChI is InChI=1S/C30H22N4O3S2/c35-34(36)22-11-15-24(16-12-22)39-23-13-9-21(10-14-23)33-29(28(32-30(33)38)25-8-4-5-19-31-25)27-18-17-26(37-27)20-6-2-1-3-7-20/h1-19,28-29H,(H,32,38)/t28-,29+/m0/s1. The van der Waals surface area contributed by atoms with Crippen LogP contribution < -0.4 is 10.2 Å². The monoisotopic (exact) mass is 550 g/mol. The maximum absolute atomic E-state index is 10.9. The van der Waals surface area contributed by atoms with Crippen molar-refractivity contribution in [3.63, 3.8) is 0 Å². The molecule has 3 heterocycles. The average Bonchev–Trinajstić information content (AvgIpc) is 3.59. The Morgan fingerprint density at radius 1 is 0.872 bits per heavy atom. The summed E-state index contributed by atoms with van der Waals surface area (Å²) in [5, 5.41) is 15.0. The third kappa shape index (κ3) is 5.14. The molecule has 0 aliphatic carbocycles. The molecular formula is C30H22N4O3S2. The van der Waals surface area contributed by atoms with Gasteiger partial charge < -0.3 is 14.6 Å². The van der Waals surface area contributed by atoms with E-state index in [4.69, 9.17) is 16.6 Å². The summed E-state index contributed by atoms with van der Waals surface area (Å²) in [6.07, 6.45) is 1.78. The second-order valence-corrected chi connectivity index (χ2v) is 10.4. The Balaban J connectivity index is 1.31. The molecule has 1 fully saturated rings. The second kappa shape index (κ2) is 10.7. The van der Waals surface area contributed by atoms with Gasteiger partial charge in [-0.2, -0.15) is 0 Å². The van der Waals surface area contributed by atoms with E-state index >= 15 is 0 Å². The van der Waals surface area contributed by atoms with Gasteiger partial charge in [-0.1, -0.05) is 48.2 Å². The Morgan fingerprint density at radius 3 is 2.23 bits per heavy atom. The van der Waals surface area contributed by atoms with Gasteiger partial charge in [0.1, 0.15) is 17.6 Å². The predicted molar refractivity (Wildman–Crippen MR) is 156 cm³/mol. The van der Waals surface area contributed by atoms with E-state index in [9.17, 15) is 10.1 Å². The van der Waals surface area contributed by atoms with Crippen LogP contribution in [0.1, 0.15) is 23.5 Å². The van der Waals surface area contributed by atoms with Crippen LogP contribution in [0.25, 0.3) is 11.3 Å².